The molecule has 0 aliphatic heterocycles. The van der Waals surface area contributed by atoms with E-state index in [-0.39, 0.29) is 0 Å². The van der Waals surface area contributed by atoms with Crippen LogP contribution >= 0.6 is 0 Å². The molecule has 0 aliphatic rings. The first-order chi connectivity index (χ1) is 8.58. The Kier molecular flexibility index (Phi) is 5.72. The van der Waals surface area contributed by atoms with Crippen LogP contribution in [-0.4, -0.2) is 19.3 Å². The maximum atomic E-state index is 10.2. The first kappa shape index (κ1) is 14.6. The van der Waals surface area contributed by atoms with E-state index in [1.54, 1.807) is 20.3 Å². The second-order valence-electron chi connectivity index (χ2n) is 4.48. The van der Waals surface area contributed by atoms with E-state index in [4.69, 9.17) is 9.47 Å². The molecule has 0 fully saturated rings. The lowest BCUT2D eigenvalue weighted by atomic mass is 10.0. The summed E-state index contributed by atoms with van der Waals surface area (Å²) in [5.74, 6) is 1.39. The quantitative estimate of drug-likeness (QED) is 0.785. The van der Waals surface area contributed by atoms with Gasteiger partial charge >= 0.3 is 0 Å². The van der Waals surface area contributed by atoms with Crippen LogP contribution < -0.4 is 9.47 Å². The van der Waals surface area contributed by atoms with Crippen molar-refractivity contribution in [3.8, 4) is 11.5 Å². The Labute approximate surface area is 109 Å². The molecule has 1 aromatic rings. The van der Waals surface area contributed by atoms with Crippen LogP contribution in [0.5, 0.6) is 11.5 Å². The molecule has 0 saturated heterocycles. The SMILES string of the molecule is COc1ccc(C(O)CCC=C(C)C)c(OC)c1. The third-order valence-corrected chi connectivity index (χ3v) is 2.79. The van der Waals surface area contributed by atoms with Gasteiger partial charge in [-0.15, -0.1) is 0 Å². The zero-order valence-corrected chi connectivity index (χ0v) is 11.6. The Morgan fingerprint density at radius 2 is 2.00 bits per heavy atom. The summed E-state index contributed by atoms with van der Waals surface area (Å²) >= 11 is 0. The Bertz CT molecular complexity index is 406. The second kappa shape index (κ2) is 7.07. The summed E-state index contributed by atoms with van der Waals surface area (Å²) in [5.41, 5.74) is 2.07. The Morgan fingerprint density at radius 1 is 1.28 bits per heavy atom. The van der Waals surface area contributed by atoms with Gasteiger partial charge in [0.15, 0.2) is 0 Å². The highest BCUT2D eigenvalue weighted by molar-refractivity contribution is 5.41. The monoisotopic (exact) mass is 250 g/mol. The lowest BCUT2D eigenvalue weighted by molar-refractivity contribution is 0.164. The first-order valence-electron chi connectivity index (χ1n) is 6.11. The van der Waals surface area contributed by atoms with Crippen molar-refractivity contribution in [1.29, 1.82) is 0 Å². The molecular formula is C15H22O3. The Morgan fingerprint density at radius 3 is 2.56 bits per heavy atom. The van der Waals surface area contributed by atoms with Crippen molar-refractivity contribution in [3.05, 3.63) is 35.4 Å². The fourth-order valence-corrected chi connectivity index (χ4v) is 1.78. The van der Waals surface area contributed by atoms with E-state index in [0.29, 0.717) is 12.2 Å². The van der Waals surface area contributed by atoms with Crippen LogP contribution in [0.2, 0.25) is 0 Å². The zero-order chi connectivity index (χ0) is 13.5. The van der Waals surface area contributed by atoms with E-state index >= 15 is 0 Å². The zero-order valence-electron chi connectivity index (χ0n) is 11.6. The maximum Gasteiger partial charge on any atom is 0.128 e. The smallest absolute Gasteiger partial charge is 0.128 e. The van der Waals surface area contributed by atoms with Crippen LogP contribution in [0, 0.1) is 0 Å². The summed E-state index contributed by atoms with van der Waals surface area (Å²) in [6.45, 7) is 4.11. The molecule has 1 N–H and O–H groups in total. The number of aliphatic hydroxyl groups is 1. The number of hydrogen-bond acceptors (Lipinski definition) is 3. The average Bonchev–Trinajstić information content (AvgIpc) is 2.37. The van der Waals surface area contributed by atoms with E-state index in [1.165, 1.54) is 5.57 Å². The lowest BCUT2D eigenvalue weighted by Gasteiger charge is -2.15. The largest absolute Gasteiger partial charge is 0.497 e. The van der Waals surface area contributed by atoms with Crippen molar-refractivity contribution in [2.45, 2.75) is 32.8 Å². The normalized spacial score (nSPS) is 11.8. The van der Waals surface area contributed by atoms with E-state index < -0.39 is 6.10 Å². The van der Waals surface area contributed by atoms with Crippen molar-refractivity contribution in [2.24, 2.45) is 0 Å². The molecule has 0 spiro atoms. The van der Waals surface area contributed by atoms with Gasteiger partial charge in [0.2, 0.25) is 0 Å². The summed E-state index contributed by atoms with van der Waals surface area (Å²) in [6.07, 6.45) is 3.16. The molecule has 0 heterocycles. The summed E-state index contributed by atoms with van der Waals surface area (Å²) in [4.78, 5) is 0. The van der Waals surface area contributed by atoms with Gasteiger partial charge in [-0.2, -0.15) is 0 Å². The van der Waals surface area contributed by atoms with Crippen LogP contribution in [0.25, 0.3) is 0 Å². The highest BCUT2D eigenvalue weighted by atomic mass is 16.5. The molecule has 0 aliphatic carbocycles. The molecule has 1 atom stereocenters. The van der Waals surface area contributed by atoms with Gasteiger partial charge in [0.05, 0.1) is 20.3 Å². The average molecular weight is 250 g/mol. The van der Waals surface area contributed by atoms with Gasteiger partial charge in [-0.1, -0.05) is 11.6 Å². The Hall–Kier alpha value is -1.48. The molecule has 3 heteroatoms. The minimum Gasteiger partial charge on any atom is -0.497 e. The molecule has 1 aromatic carbocycles. The molecule has 100 valence electrons. The Balaban J connectivity index is 2.78. The number of benzene rings is 1. The maximum absolute atomic E-state index is 10.2. The molecule has 0 amide bonds. The van der Waals surface area contributed by atoms with Crippen molar-refractivity contribution in [3.63, 3.8) is 0 Å². The lowest BCUT2D eigenvalue weighted by Crippen LogP contribution is -2.01. The highest BCUT2D eigenvalue weighted by Gasteiger charge is 2.13. The van der Waals surface area contributed by atoms with Gasteiger partial charge < -0.3 is 14.6 Å². The standard InChI is InChI=1S/C15H22O3/c1-11(2)6-5-7-14(16)13-9-8-12(17-3)10-15(13)18-4/h6,8-10,14,16H,5,7H2,1-4H3. The highest BCUT2D eigenvalue weighted by Crippen LogP contribution is 2.31. The van der Waals surface area contributed by atoms with Crippen LogP contribution in [0.15, 0.2) is 29.8 Å². The predicted molar refractivity (Wildman–Crippen MR) is 73.2 cm³/mol. The van der Waals surface area contributed by atoms with E-state index in [9.17, 15) is 5.11 Å². The predicted octanol–water partition coefficient (Wildman–Crippen LogP) is 3.48. The van der Waals surface area contributed by atoms with Crippen molar-refractivity contribution in [2.75, 3.05) is 14.2 Å². The van der Waals surface area contributed by atoms with Gasteiger partial charge in [0, 0.05) is 11.6 Å². The molecule has 1 rings (SSSR count). The van der Waals surface area contributed by atoms with Crippen molar-refractivity contribution >= 4 is 0 Å². The van der Waals surface area contributed by atoms with E-state index in [1.807, 2.05) is 12.1 Å². The number of methoxy groups -OCH3 is 2. The molecule has 0 aromatic heterocycles. The summed E-state index contributed by atoms with van der Waals surface area (Å²) in [5, 5.41) is 10.2. The molecule has 0 radical (unpaired) electrons. The molecule has 0 saturated carbocycles. The number of ether oxygens (including phenoxy) is 2. The molecule has 0 bridgehead atoms. The number of hydrogen-bond donors (Lipinski definition) is 1. The number of allylic oxidation sites excluding steroid dienone is 2. The fourth-order valence-electron chi connectivity index (χ4n) is 1.78. The van der Waals surface area contributed by atoms with Gasteiger partial charge in [-0.05, 0) is 38.8 Å². The van der Waals surface area contributed by atoms with Crippen LogP contribution in [0.4, 0.5) is 0 Å². The summed E-state index contributed by atoms with van der Waals surface area (Å²) < 4.78 is 10.4. The van der Waals surface area contributed by atoms with Gasteiger partial charge in [-0.3, -0.25) is 0 Å². The third-order valence-electron chi connectivity index (χ3n) is 2.79. The number of rotatable bonds is 6. The van der Waals surface area contributed by atoms with Crippen LogP contribution in [0.1, 0.15) is 38.4 Å². The minimum atomic E-state index is -0.513. The van der Waals surface area contributed by atoms with Crippen LogP contribution in [-0.2, 0) is 0 Å². The fraction of sp³-hybridized carbons (Fsp3) is 0.467. The van der Waals surface area contributed by atoms with Crippen molar-refractivity contribution in [1.82, 2.24) is 0 Å². The topological polar surface area (TPSA) is 38.7 Å². The molecule has 1 unspecified atom stereocenters. The first-order valence-corrected chi connectivity index (χ1v) is 6.11. The second-order valence-corrected chi connectivity index (χ2v) is 4.48. The minimum absolute atomic E-state index is 0.513. The molecule has 18 heavy (non-hydrogen) atoms. The van der Waals surface area contributed by atoms with Gasteiger partial charge in [0.25, 0.3) is 0 Å². The van der Waals surface area contributed by atoms with Crippen molar-refractivity contribution < 1.29 is 14.6 Å². The summed E-state index contributed by atoms with van der Waals surface area (Å²) in [7, 11) is 3.21. The third kappa shape index (κ3) is 4.08. The van der Waals surface area contributed by atoms with Gasteiger partial charge in [0.1, 0.15) is 11.5 Å². The number of aliphatic hydroxyl groups excluding tert-OH is 1. The van der Waals surface area contributed by atoms with Gasteiger partial charge in [-0.25, -0.2) is 0 Å². The summed E-state index contributed by atoms with van der Waals surface area (Å²) in [6, 6.07) is 5.48. The van der Waals surface area contributed by atoms with Crippen LogP contribution in [0.3, 0.4) is 0 Å². The molecule has 3 nitrogen and oxygen atoms in total. The van der Waals surface area contributed by atoms with E-state index in [2.05, 4.69) is 19.9 Å². The van der Waals surface area contributed by atoms with E-state index in [0.717, 1.165) is 17.7 Å². The molecular weight excluding hydrogens is 228 g/mol.